The average molecular weight is 374 g/mol. The number of primary amides is 1. The first-order valence-electron chi connectivity index (χ1n) is 5.74. The lowest BCUT2D eigenvalue weighted by Crippen LogP contribution is -2.12. The molecule has 0 spiro atoms. The van der Waals surface area contributed by atoms with Crippen LogP contribution < -0.4 is 11.1 Å². The van der Waals surface area contributed by atoms with Crippen molar-refractivity contribution in [2.75, 3.05) is 5.32 Å². The van der Waals surface area contributed by atoms with Crippen molar-refractivity contribution in [1.82, 2.24) is 0 Å². The summed E-state index contributed by atoms with van der Waals surface area (Å²) in [7, 11) is 0. The number of nitrogens with two attached hydrogens (primary N) is 1. The summed E-state index contributed by atoms with van der Waals surface area (Å²) in [6.45, 7) is 0.526. The molecule has 0 atom stereocenters. The maximum absolute atomic E-state index is 11.2. The van der Waals surface area contributed by atoms with E-state index >= 15 is 0 Å². The van der Waals surface area contributed by atoms with E-state index in [2.05, 4.69) is 21.2 Å². The van der Waals surface area contributed by atoms with Crippen LogP contribution in [-0.2, 0) is 6.54 Å². The lowest BCUT2D eigenvalue weighted by molar-refractivity contribution is 0.100. The third-order valence-corrected chi connectivity index (χ3v) is 3.91. The summed E-state index contributed by atoms with van der Waals surface area (Å²) in [4.78, 5) is 11.2. The molecule has 20 heavy (non-hydrogen) atoms. The van der Waals surface area contributed by atoms with E-state index in [0.717, 1.165) is 15.7 Å². The molecule has 0 saturated carbocycles. The zero-order valence-corrected chi connectivity index (χ0v) is 13.4. The fourth-order valence-corrected chi connectivity index (χ4v) is 2.50. The Bertz CT molecular complexity index is 662. The minimum absolute atomic E-state index is 0.289. The van der Waals surface area contributed by atoms with Crippen molar-refractivity contribution in [2.45, 2.75) is 6.54 Å². The molecule has 0 radical (unpaired) electrons. The maximum Gasteiger partial charge on any atom is 0.250 e. The molecule has 0 saturated heterocycles. The van der Waals surface area contributed by atoms with Gasteiger partial charge in [-0.1, -0.05) is 39.1 Å². The third kappa shape index (κ3) is 3.66. The van der Waals surface area contributed by atoms with Crippen molar-refractivity contribution in [3.63, 3.8) is 0 Å². The van der Waals surface area contributed by atoms with E-state index in [1.165, 1.54) is 0 Å². The highest BCUT2D eigenvalue weighted by molar-refractivity contribution is 9.10. The molecule has 0 aromatic heterocycles. The van der Waals surface area contributed by atoms with Gasteiger partial charge in [0.1, 0.15) is 0 Å². The van der Waals surface area contributed by atoms with Gasteiger partial charge in [-0.25, -0.2) is 0 Å². The van der Waals surface area contributed by atoms with Gasteiger partial charge in [0.15, 0.2) is 0 Å². The summed E-state index contributed by atoms with van der Waals surface area (Å²) >= 11 is 15.4. The molecule has 0 fully saturated rings. The second kappa shape index (κ2) is 6.48. The van der Waals surface area contributed by atoms with Crippen LogP contribution in [0.15, 0.2) is 40.9 Å². The molecular formula is C14H11BrCl2N2O. The molecule has 104 valence electrons. The third-order valence-electron chi connectivity index (χ3n) is 2.72. The van der Waals surface area contributed by atoms with Gasteiger partial charge >= 0.3 is 0 Å². The molecule has 0 bridgehead atoms. The highest BCUT2D eigenvalue weighted by Crippen LogP contribution is 2.24. The fourth-order valence-electron chi connectivity index (χ4n) is 1.70. The normalized spacial score (nSPS) is 10.3. The topological polar surface area (TPSA) is 55.1 Å². The summed E-state index contributed by atoms with van der Waals surface area (Å²) in [5.74, 6) is -0.556. The van der Waals surface area contributed by atoms with Gasteiger partial charge in [0.25, 0.3) is 0 Å². The van der Waals surface area contributed by atoms with Crippen LogP contribution in [0.1, 0.15) is 15.9 Å². The van der Waals surface area contributed by atoms with Gasteiger partial charge in [-0.15, -0.1) is 0 Å². The van der Waals surface area contributed by atoms with E-state index in [9.17, 15) is 4.79 Å². The van der Waals surface area contributed by atoms with Crippen molar-refractivity contribution in [1.29, 1.82) is 0 Å². The predicted octanol–water partition coefficient (Wildman–Crippen LogP) is 4.47. The zero-order valence-electron chi connectivity index (χ0n) is 10.3. The number of nitrogens with one attached hydrogen (secondary N) is 1. The summed E-state index contributed by atoms with van der Waals surface area (Å²) in [6, 6.07) is 10.7. The van der Waals surface area contributed by atoms with Gasteiger partial charge in [0.2, 0.25) is 5.91 Å². The van der Waals surface area contributed by atoms with Crippen LogP contribution >= 0.6 is 39.1 Å². The first kappa shape index (κ1) is 15.2. The van der Waals surface area contributed by atoms with Gasteiger partial charge in [-0.05, 0) is 42.0 Å². The SMILES string of the molecule is NC(=O)c1cc(NCc2cc(Br)ccc2Cl)ccc1Cl. The number of hydrogen-bond donors (Lipinski definition) is 2. The van der Waals surface area contributed by atoms with E-state index in [4.69, 9.17) is 28.9 Å². The Morgan fingerprint density at radius 2 is 1.85 bits per heavy atom. The Kier molecular flexibility index (Phi) is 4.91. The first-order chi connectivity index (χ1) is 9.47. The maximum atomic E-state index is 11.2. The minimum atomic E-state index is -0.556. The number of carbonyl (C=O) groups excluding carboxylic acids is 1. The van der Waals surface area contributed by atoms with Gasteiger partial charge < -0.3 is 11.1 Å². The van der Waals surface area contributed by atoms with Gasteiger partial charge in [0, 0.05) is 21.7 Å². The summed E-state index contributed by atoms with van der Waals surface area (Å²) < 4.78 is 0.952. The largest absolute Gasteiger partial charge is 0.381 e. The van der Waals surface area contributed by atoms with Crippen LogP contribution in [0.25, 0.3) is 0 Å². The van der Waals surface area contributed by atoms with E-state index in [-0.39, 0.29) is 5.56 Å². The lowest BCUT2D eigenvalue weighted by Gasteiger charge is -2.10. The molecule has 0 aliphatic heterocycles. The van der Waals surface area contributed by atoms with Crippen LogP contribution in [0, 0.1) is 0 Å². The van der Waals surface area contributed by atoms with Crippen molar-refractivity contribution in [3.8, 4) is 0 Å². The van der Waals surface area contributed by atoms with Crippen molar-refractivity contribution in [2.24, 2.45) is 5.73 Å². The van der Waals surface area contributed by atoms with Crippen molar-refractivity contribution in [3.05, 3.63) is 62.0 Å². The number of rotatable bonds is 4. The quantitative estimate of drug-likeness (QED) is 0.830. The molecule has 2 aromatic rings. The van der Waals surface area contributed by atoms with Gasteiger partial charge in [-0.2, -0.15) is 0 Å². The minimum Gasteiger partial charge on any atom is -0.381 e. The number of amides is 1. The number of hydrogen-bond acceptors (Lipinski definition) is 2. The highest BCUT2D eigenvalue weighted by Gasteiger charge is 2.08. The molecule has 0 heterocycles. The fraction of sp³-hybridized carbons (Fsp3) is 0.0714. The number of carbonyl (C=O) groups is 1. The van der Waals surface area contributed by atoms with Crippen molar-refractivity contribution >= 4 is 50.7 Å². The second-order valence-electron chi connectivity index (χ2n) is 4.15. The van der Waals surface area contributed by atoms with E-state index < -0.39 is 5.91 Å². The number of halogens is 3. The van der Waals surface area contributed by atoms with Crippen LogP contribution in [-0.4, -0.2) is 5.91 Å². The molecule has 6 heteroatoms. The summed E-state index contributed by atoms with van der Waals surface area (Å²) in [5, 5.41) is 4.19. The molecule has 3 N–H and O–H groups in total. The molecule has 3 nitrogen and oxygen atoms in total. The van der Waals surface area contributed by atoms with Crippen LogP contribution in [0.2, 0.25) is 10.0 Å². The Hall–Kier alpha value is -1.23. The first-order valence-corrected chi connectivity index (χ1v) is 7.29. The molecule has 0 aliphatic rings. The average Bonchev–Trinajstić information content (AvgIpc) is 2.41. The second-order valence-corrected chi connectivity index (χ2v) is 5.88. The Morgan fingerprint density at radius 1 is 1.15 bits per heavy atom. The van der Waals surface area contributed by atoms with E-state index in [1.807, 2.05) is 18.2 Å². The van der Waals surface area contributed by atoms with Gasteiger partial charge in [0.05, 0.1) is 10.6 Å². The van der Waals surface area contributed by atoms with Crippen LogP contribution in [0.4, 0.5) is 5.69 Å². The smallest absolute Gasteiger partial charge is 0.250 e. The molecule has 0 aliphatic carbocycles. The van der Waals surface area contributed by atoms with E-state index in [1.54, 1.807) is 18.2 Å². The molecular weight excluding hydrogens is 363 g/mol. The standard InChI is InChI=1S/C14H11BrCl2N2O/c15-9-1-3-12(16)8(5-9)7-19-10-2-4-13(17)11(6-10)14(18)20/h1-6,19H,7H2,(H2,18,20). The van der Waals surface area contributed by atoms with E-state index in [0.29, 0.717) is 16.6 Å². The Labute approximate surface area is 135 Å². The monoisotopic (exact) mass is 372 g/mol. The zero-order chi connectivity index (χ0) is 14.7. The highest BCUT2D eigenvalue weighted by atomic mass is 79.9. The van der Waals surface area contributed by atoms with Crippen LogP contribution in [0.3, 0.4) is 0 Å². The summed E-state index contributed by atoms with van der Waals surface area (Å²) in [6.07, 6.45) is 0. The number of anilines is 1. The molecule has 2 aromatic carbocycles. The van der Waals surface area contributed by atoms with Crippen molar-refractivity contribution < 1.29 is 4.79 Å². The molecule has 0 unspecified atom stereocenters. The molecule has 1 amide bonds. The Balaban J connectivity index is 2.17. The van der Waals surface area contributed by atoms with Crippen LogP contribution in [0.5, 0.6) is 0 Å². The number of benzene rings is 2. The molecule has 2 rings (SSSR count). The lowest BCUT2D eigenvalue weighted by atomic mass is 10.1. The Morgan fingerprint density at radius 3 is 2.55 bits per heavy atom. The van der Waals surface area contributed by atoms with Gasteiger partial charge in [-0.3, -0.25) is 4.79 Å². The summed E-state index contributed by atoms with van der Waals surface area (Å²) in [5.41, 5.74) is 7.24. The predicted molar refractivity (Wildman–Crippen MR) is 86.4 cm³/mol.